The van der Waals surface area contributed by atoms with Crippen molar-refractivity contribution in [2.75, 3.05) is 7.05 Å². The van der Waals surface area contributed by atoms with Crippen molar-refractivity contribution < 1.29 is 13.3 Å². The minimum Gasteiger partial charge on any atom is -0.334 e. The van der Waals surface area contributed by atoms with Crippen molar-refractivity contribution in [3.8, 4) is 17.3 Å². The van der Waals surface area contributed by atoms with E-state index in [1.807, 2.05) is 6.92 Å². The molecule has 3 rings (SSSR count). The number of hydrogen-bond acceptors (Lipinski definition) is 6. The van der Waals surface area contributed by atoms with Gasteiger partial charge in [-0.15, -0.1) is 0 Å². The number of aromatic nitrogens is 5. The summed E-state index contributed by atoms with van der Waals surface area (Å²) in [5.74, 6) is 0.502. The van der Waals surface area contributed by atoms with Crippen LogP contribution < -0.4 is 5.32 Å². The lowest BCUT2D eigenvalue weighted by Crippen LogP contribution is -2.24. The van der Waals surface area contributed by atoms with Gasteiger partial charge in [-0.05, 0) is 26.1 Å². The van der Waals surface area contributed by atoms with Gasteiger partial charge in [0, 0.05) is 18.7 Å². The van der Waals surface area contributed by atoms with Gasteiger partial charge in [0.1, 0.15) is 5.69 Å². The van der Waals surface area contributed by atoms with Crippen molar-refractivity contribution in [1.82, 2.24) is 30.2 Å². The third kappa shape index (κ3) is 3.52. The molecule has 3 heterocycles. The van der Waals surface area contributed by atoms with Crippen molar-refractivity contribution >= 4 is 11.6 Å². The third-order valence-electron chi connectivity index (χ3n) is 3.63. The van der Waals surface area contributed by atoms with Crippen LogP contribution in [0, 0.1) is 0 Å². The molecule has 0 radical (unpaired) electrons. The lowest BCUT2D eigenvalue weighted by atomic mass is 10.2. The van der Waals surface area contributed by atoms with Gasteiger partial charge in [-0.25, -0.2) is 18.4 Å². The molecule has 0 fully saturated rings. The second-order valence-electron chi connectivity index (χ2n) is 5.37. The van der Waals surface area contributed by atoms with Gasteiger partial charge in [-0.2, -0.15) is 10.1 Å². The van der Waals surface area contributed by atoms with Gasteiger partial charge in [-0.3, -0.25) is 0 Å². The fraction of sp³-hybridized carbons (Fsp3) is 0.333. The molecule has 0 bridgehead atoms. The number of rotatable bonds is 6. The summed E-state index contributed by atoms with van der Waals surface area (Å²) >= 11 is 6.04. The number of pyridine rings is 1. The number of halogens is 3. The van der Waals surface area contributed by atoms with E-state index in [2.05, 4.69) is 25.5 Å². The minimum absolute atomic E-state index is 0.0214. The molecule has 1 unspecified atom stereocenters. The summed E-state index contributed by atoms with van der Waals surface area (Å²) in [6.07, 6.45) is 0.360. The fourth-order valence-corrected chi connectivity index (χ4v) is 2.46. The van der Waals surface area contributed by atoms with Crippen molar-refractivity contribution in [2.45, 2.75) is 25.8 Å². The van der Waals surface area contributed by atoms with E-state index < -0.39 is 12.1 Å². The van der Waals surface area contributed by atoms with Crippen molar-refractivity contribution in [3.05, 3.63) is 41.1 Å². The number of likely N-dealkylation sites (N-methyl/N-ethyl adjacent to an activating group) is 1. The first-order valence-corrected chi connectivity index (χ1v) is 7.86. The molecule has 3 aromatic rings. The Morgan fingerprint density at radius 1 is 1.40 bits per heavy atom. The quantitative estimate of drug-likeness (QED) is 0.720. The molecule has 3 aromatic heterocycles. The van der Waals surface area contributed by atoms with Gasteiger partial charge in [0.25, 0.3) is 12.3 Å². The Morgan fingerprint density at radius 3 is 2.88 bits per heavy atom. The topological polar surface area (TPSA) is 81.7 Å². The smallest absolute Gasteiger partial charge is 0.281 e. The molecular formula is C15H15ClF2N6O. The Hall–Kier alpha value is -2.39. The zero-order valence-corrected chi connectivity index (χ0v) is 14.2. The lowest BCUT2D eigenvalue weighted by molar-refractivity contribution is 0.143. The normalized spacial score (nSPS) is 12.7. The van der Waals surface area contributed by atoms with E-state index in [0.29, 0.717) is 12.2 Å². The molecule has 0 amide bonds. The second kappa shape index (κ2) is 7.24. The van der Waals surface area contributed by atoms with Crippen LogP contribution in [0.1, 0.15) is 24.9 Å². The fourth-order valence-electron chi connectivity index (χ4n) is 2.26. The first kappa shape index (κ1) is 17.4. The maximum Gasteiger partial charge on any atom is 0.281 e. The van der Waals surface area contributed by atoms with Crippen molar-refractivity contribution in [3.63, 3.8) is 0 Å². The first-order valence-electron chi connectivity index (χ1n) is 7.48. The predicted octanol–water partition coefficient (Wildman–Crippen LogP) is 3.06. The van der Waals surface area contributed by atoms with Crippen molar-refractivity contribution in [2.24, 2.45) is 0 Å². The molecule has 10 heteroatoms. The van der Waals surface area contributed by atoms with Crippen LogP contribution in [0.25, 0.3) is 17.3 Å². The molecule has 132 valence electrons. The highest BCUT2D eigenvalue weighted by atomic mass is 35.5. The Labute approximate surface area is 147 Å². The average Bonchev–Trinajstić information content (AvgIpc) is 3.21. The van der Waals surface area contributed by atoms with E-state index >= 15 is 0 Å². The summed E-state index contributed by atoms with van der Waals surface area (Å²) in [6.45, 7) is 1.95. The largest absolute Gasteiger partial charge is 0.334 e. The zero-order valence-electron chi connectivity index (χ0n) is 13.4. The summed E-state index contributed by atoms with van der Waals surface area (Å²) in [4.78, 5) is 8.20. The lowest BCUT2D eigenvalue weighted by Gasteiger charge is -2.08. The summed E-state index contributed by atoms with van der Waals surface area (Å²) in [5.41, 5.74) is -0.356. The van der Waals surface area contributed by atoms with Crippen LogP contribution >= 0.6 is 11.6 Å². The Kier molecular flexibility index (Phi) is 5.05. The van der Waals surface area contributed by atoms with E-state index in [-0.39, 0.29) is 28.3 Å². The molecule has 0 spiro atoms. The van der Waals surface area contributed by atoms with Crippen LogP contribution in [-0.4, -0.2) is 38.0 Å². The Morgan fingerprint density at radius 2 is 2.20 bits per heavy atom. The molecule has 1 N–H and O–H groups in total. The van der Waals surface area contributed by atoms with Crippen LogP contribution in [-0.2, 0) is 6.42 Å². The third-order valence-corrected chi connectivity index (χ3v) is 3.93. The molecule has 1 atom stereocenters. The summed E-state index contributed by atoms with van der Waals surface area (Å²) < 4.78 is 33.5. The molecule has 7 nitrogen and oxygen atoms in total. The standard InChI is InChI=1S/C15H15ClF2N6O/c1-8(19-2)6-11-22-15(25-23-11)9-7-21-24(12(9)13(17)18)14-10(16)4-3-5-20-14/h3-5,7-8,13,19H,6H2,1-2H3. The van der Waals surface area contributed by atoms with E-state index in [1.165, 1.54) is 12.4 Å². The highest BCUT2D eigenvalue weighted by Gasteiger charge is 2.27. The molecule has 0 saturated heterocycles. The van der Waals surface area contributed by atoms with Crippen LogP contribution in [0.3, 0.4) is 0 Å². The molecule has 0 aliphatic rings. The van der Waals surface area contributed by atoms with Gasteiger partial charge < -0.3 is 9.84 Å². The summed E-state index contributed by atoms with van der Waals surface area (Å²) in [7, 11) is 1.81. The number of nitrogens with one attached hydrogen (secondary N) is 1. The molecule has 0 aromatic carbocycles. The SMILES string of the molecule is CNC(C)Cc1noc(-c2cnn(-c3ncccc3Cl)c2C(F)F)n1. The molecule has 0 aliphatic heterocycles. The first-order chi connectivity index (χ1) is 12.0. The molecule has 0 aliphatic carbocycles. The number of hydrogen-bond donors (Lipinski definition) is 1. The van der Waals surface area contributed by atoms with E-state index in [9.17, 15) is 8.78 Å². The molecule has 0 saturated carbocycles. The highest BCUT2D eigenvalue weighted by molar-refractivity contribution is 6.32. The minimum atomic E-state index is -2.83. The van der Waals surface area contributed by atoms with Gasteiger partial charge in [0.2, 0.25) is 0 Å². The van der Waals surface area contributed by atoms with Crippen LogP contribution in [0.2, 0.25) is 5.02 Å². The van der Waals surface area contributed by atoms with Gasteiger partial charge in [0.15, 0.2) is 11.6 Å². The van der Waals surface area contributed by atoms with E-state index in [0.717, 1.165) is 4.68 Å². The van der Waals surface area contributed by atoms with E-state index in [4.69, 9.17) is 16.1 Å². The second-order valence-corrected chi connectivity index (χ2v) is 5.78. The Balaban J connectivity index is 2.02. The highest BCUT2D eigenvalue weighted by Crippen LogP contribution is 2.33. The molecular weight excluding hydrogens is 354 g/mol. The summed E-state index contributed by atoms with van der Waals surface area (Å²) in [5, 5.41) is 11.1. The predicted molar refractivity (Wildman–Crippen MR) is 86.8 cm³/mol. The average molecular weight is 369 g/mol. The van der Waals surface area contributed by atoms with E-state index in [1.54, 1.807) is 19.2 Å². The number of alkyl halides is 2. The monoisotopic (exact) mass is 368 g/mol. The zero-order chi connectivity index (χ0) is 18.0. The van der Waals surface area contributed by atoms with Crippen molar-refractivity contribution in [1.29, 1.82) is 0 Å². The van der Waals surface area contributed by atoms with Crippen LogP contribution in [0.5, 0.6) is 0 Å². The van der Waals surface area contributed by atoms with Gasteiger partial charge in [0.05, 0.1) is 16.8 Å². The maximum absolute atomic E-state index is 13.7. The van der Waals surface area contributed by atoms with Gasteiger partial charge in [-0.1, -0.05) is 16.8 Å². The van der Waals surface area contributed by atoms with Gasteiger partial charge >= 0.3 is 0 Å². The molecule has 25 heavy (non-hydrogen) atoms. The summed E-state index contributed by atoms with van der Waals surface area (Å²) in [6, 6.07) is 3.27. The number of nitrogens with zero attached hydrogens (tertiary/aromatic N) is 5. The van der Waals surface area contributed by atoms with Crippen LogP contribution in [0.4, 0.5) is 8.78 Å². The Bertz CT molecular complexity index is 865. The maximum atomic E-state index is 13.7. The van der Waals surface area contributed by atoms with Crippen LogP contribution in [0.15, 0.2) is 29.0 Å².